The molecule has 0 spiro atoms. The molecule has 0 fully saturated rings. The van der Waals surface area contributed by atoms with E-state index in [0.717, 1.165) is 18.2 Å². The molecule has 0 saturated heterocycles. The first kappa shape index (κ1) is 27.2. The van der Waals surface area contributed by atoms with E-state index in [4.69, 9.17) is 4.74 Å². The predicted molar refractivity (Wildman–Crippen MR) is 86.9 cm³/mol. The Balaban J connectivity index is 3.34. The largest absolute Gasteiger partial charge is 0.493 e. The maximum absolute atomic E-state index is 14.1. The zero-order valence-corrected chi connectivity index (χ0v) is 16.2. The SMILES string of the molecule is CCCCOc1ccccc1C(C)(O)CC(F)(F)C(F)(F)C(F)(F)C(F)(F)C(F)(F)F. The van der Waals surface area contributed by atoms with Gasteiger partial charge in [-0.05, 0) is 19.4 Å². The Morgan fingerprint density at radius 2 is 1.32 bits per heavy atom. The Kier molecular flexibility index (Phi) is 7.58. The molecule has 1 rings (SSSR count). The van der Waals surface area contributed by atoms with Crippen LogP contribution in [0, 0.1) is 0 Å². The summed E-state index contributed by atoms with van der Waals surface area (Å²) < 4.78 is 150. The molecule has 0 aromatic heterocycles. The lowest BCUT2D eigenvalue weighted by Crippen LogP contribution is -2.67. The molecular weight excluding hydrogens is 457 g/mol. The molecule has 2 nitrogen and oxygen atoms in total. The summed E-state index contributed by atoms with van der Waals surface area (Å²) in [5.41, 5.74) is -3.65. The topological polar surface area (TPSA) is 29.5 Å². The fourth-order valence-corrected chi connectivity index (χ4v) is 2.61. The zero-order valence-electron chi connectivity index (χ0n) is 16.2. The second-order valence-electron chi connectivity index (χ2n) is 7.07. The number of unbranched alkanes of at least 4 members (excludes halogenated alkanes) is 1. The molecule has 1 N–H and O–H groups in total. The van der Waals surface area contributed by atoms with Crippen LogP contribution in [0.25, 0.3) is 0 Å². The number of halogens is 11. The molecule has 0 saturated carbocycles. The molecule has 31 heavy (non-hydrogen) atoms. The molecule has 180 valence electrons. The Hall–Kier alpha value is -1.79. The third kappa shape index (κ3) is 5.01. The molecule has 0 heterocycles. The average molecular weight is 476 g/mol. The highest BCUT2D eigenvalue weighted by atomic mass is 19.4. The lowest BCUT2D eigenvalue weighted by atomic mass is 9.84. The van der Waals surface area contributed by atoms with Crippen LogP contribution in [0.5, 0.6) is 5.75 Å². The van der Waals surface area contributed by atoms with Gasteiger partial charge in [0.2, 0.25) is 0 Å². The van der Waals surface area contributed by atoms with E-state index in [0.29, 0.717) is 19.8 Å². The van der Waals surface area contributed by atoms with Gasteiger partial charge in [0.05, 0.1) is 18.6 Å². The quantitative estimate of drug-likeness (QED) is 0.306. The molecule has 1 unspecified atom stereocenters. The van der Waals surface area contributed by atoms with Gasteiger partial charge in [-0.15, -0.1) is 0 Å². The summed E-state index contributed by atoms with van der Waals surface area (Å²) in [7, 11) is 0. The van der Waals surface area contributed by atoms with E-state index in [1.807, 2.05) is 0 Å². The molecule has 13 heteroatoms. The van der Waals surface area contributed by atoms with Crippen LogP contribution in [-0.2, 0) is 5.60 Å². The van der Waals surface area contributed by atoms with Gasteiger partial charge in [-0.1, -0.05) is 31.5 Å². The van der Waals surface area contributed by atoms with Crippen molar-refractivity contribution < 1.29 is 58.1 Å². The molecule has 0 aliphatic heterocycles. The Morgan fingerprint density at radius 3 is 1.81 bits per heavy atom. The average Bonchev–Trinajstić information content (AvgIpc) is 2.60. The lowest BCUT2D eigenvalue weighted by molar-refractivity contribution is -0.424. The number of benzene rings is 1. The molecular formula is C18H19F11O2. The van der Waals surface area contributed by atoms with Crippen LogP contribution in [0.15, 0.2) is 24.3 Å². The number of para-hydroxylation sites is 1. The summed E-state index contributed by atoms with van der Waals surface area (Å²) in [6, 6.07) is 4.53. The maximum atomic E-state index is 14.1. The molecule has 1 aromatic carbocycles. The smallest absolute Gasteiger partial charge is 0.460 e. The van der Waals surface area contributed by atoms with Gasteiger partial charge < -0.3 is 9.84 Å². The van der Waals surface area contributed by atoms with Crippen molar-refractivity contribution in [2.75, 3.05) is 6.61 Å². The van der Waals surface area contributed by atoms with Gasteiger partial charge in [-0.2, -0.15) is 48.3 Å². The molecule has 1 atom stereocenters. The van der Waals surface area contributed by atoms with Crippen LogP contribution in [0.1, 0.15) is 38.7 Å². The van der Waals surface area contributed by atoms with Crippen molar-refractivity contribution in [3.8, 4) is 5.75 Å². The van der Waals surface area contributed by atoms with Crippen LogP contribution in [0.4, 0.5) is 48.3 Å². The number of hydrogen-bond donors (Lipinski definition) is 1. The lowest BCUT2D eigenvalue weighted by Gasteiger charge is -2.39. The minimum atomic E-state index is -7.52. The number of aliphatic hydroxyl groups is 1. The highest BCUT2D eigenvalue weighted by molar-refractivity contribution is 5.38. The van der Waals surface area contributed by atoms with Crippen LogP contribution in [0.3, 0.4) is 0 Å². The number of alkyl halides is 11. The molecule has 0 amide bonds. The van der Waals surface area contributed by atoms with Crippen LogP contribution in [0.2, 0.25) is 0 Å². The zero-order chi connectivity index (χ0) is 24.5. The van der Waals surface area contributed by atoms with E-state index in [2.05, 4.69) is 0 Å². The molecule has 0 bridgehead atoms. The van der Waals surface area contributed by atoms with Gasteiger partial charge in [0.1, 0.15) is 5.75 Å². The Labute approximate surface area is 170 Å². The second kappa shape index (κ2) is 8.62. The first-order valence-electron chi connectivity index (χ1n) is 8.79. The van der Waals surface area contributed by atoms with E-state index in [-0.39, 0.29) is 12.4 Å². The highest BCUT2D eigenvalue weighted by Gasteiger charge is 2.87. The first-order valence-corrected chi connectivity index (χ1v) is 8.79. The van der Waals surface area contributed by atoms with Crippen molar-refractivity contribution in [2.45, 2.75) is 68.6 Å². The third-order valence-electron chi connectivity index (χ3n) is 4.39. The van der Waals surface area contributed by atoms with Crippen LogP contribution < -0.4 is 4.74 Å². The van der Waals surface area contributed by atoms with Crippen molar-refractivity contribution in [1.29, 1.82) is 0 Å². The summed E-state index contributed by atoms with van der Waals surface area (Å²) in [5, 5.41) is 10.3. The van der Waals surface area contributed by atoms with Crippen molar-refractivity contribution in [3.63, 3.8) is 0 Å². The van der Waals surface area contributed by atoms with E-state index < -0.39 is 47.5 Å². The van der Waals surface area contributed by atoms with Gasteiger partial charge in [0, 0.05) is 5.56 Å². The van der Waals surface area contributed by atoms with E-state index in [9.17, 15) is 53.4 Å². The number of hydrogen-bond acceptors (Lipinski definition) is 2. The maximum Gasteiger partial charge on any atom is 0.460 e. The van der Waals surface area contributed by atoms with Crippen molar-refractivity contribution in [3.05, 3.63) is 29.8 Å². The van der Waals surface area contributed by atoms with Gasteiger partial charge in [-0.3, -0.25) is 0 Å². The fraction of sp³-hybridized carbons (Fsp3) is 0.667. The molecule has 1 aromatic rings. The highest BCUT2D eigenvalue weighted by Crippen LogP contribution is 2.59. The summed E-state index contributed by atoms with van der Waals surface area (Å²) in [4.78, 5) is 0. The molecule has 0 radical (unpaired) electrons. The van der Waals surface area contributed by atoms with Gasteiger partial charge in [0.25, 0.3) is 0 Å². The molecule has 0 aliphatic rings. The van der Waals surface area contributed by atoms with Gasteiger partial charge in [-0.25, -0.2) is 0 Å². The van der Waals surface area contributed by atoms with E-state index >= 15 is 0 Å². The second-order valence-corrected chi connectivity index (χ2v) is 7.07. The summed E-state index contributed by atoms with van der Waals surface area (Å²) in [5.74, 6) is -28.6. The van der Waals surface area contributed by atoms with Gasteiger partial charge in [0.15, 0.2) is 0 Å². The Bertz CT molecular complexity index is 742. The third-order valence-corrected chi connectivity index (χ3v) is 4.39. The standard InChI is InChI=1S/C18H19F11O2/c1-3-4-9-31-12-8-6-5-7-11(12)13(2,30)10-14(19,20)15(21,22)16(23,24)17(25,26)18(27,28)29/h5-8,30H,3-4,9-10H2,1-2H3. The first-order chi connectivity index (χ1) is 13.8. The van der Waals surface area contributed by atoms with Crippen molar-refractivity contribution >= 4 is 0 Å². The summed E-state index contributed by atoms with van der Waals surface area (Å²) >= 11 is 0. The van der Waals surface area contributed by atoms with E-state index in [1.165, 1.54) is 6.07 Å². The fourth-order valence-electron chi connectivity index (χ4n) is 2.61. The van der Waals surface area contributed by atoms with Crippen LogP contribution >= 0.6 is 0 Å². The minimum Gasteiger partial charge on any atom is -0.493 e. The van der Waals surface area contributed by atoms with E-state index in [1.54, 1.807) is 6.92 Å². The normalized spacial score (nSPS) is 16.2. The summed E-state index contributed by atoms with van der Waals surface area (Å²) in [6.45, 7) is 2.26. The number of ether oxygens (including phenoxy) is 1. The number of rotatable bonds is 10. The van der Waals surface area contributed by atoms with Gasteiger partial charge >= 0.3 is 29.9 Å². The van der Waals surface area contributed by atoms with Crippen LogP contribution in [-0.4, -0.2) is 41.6 Å². The summed E-state index contributed by atoms with van der Waals surface area (Å²) in [6.07, 6.45) is -8.75. The monoisotopic (exact) mass is 476 g/mol. The Morgan fingerprint density at radius 1 is 0.806 bits per heavy atom. The predicted octanol–water partition coefficient (Wildman–Crippen LogP) is 6.57. The van der Waals surface area contributed by atoms with Crippen molar-refractivity contribution in [2.24, 2.45) is 0 Å². The minimum absolute atomic E-state index is 0.00597. The van der Waals surface area contributed by atoms with Crippen molar-refractivity contribution in [1.82, 2.24) is 0 Å². The molecule has 0 aliphatic carbocycles.